The average Bonchev–Trinajstić information content (AvgIpc) is 3.20. The Balaban J connectivity index is 1.37. The highest BCUT2D eigenvalue weighted by molar-refractivity contribution is 5.77. The van der Waals surface area contributed by atoms with Crippen molar-refractivity contribution in [1.29, 1.82) is 0 Å². The Hall–Kier alpha value is -2.62. The zero-order valence-electron chi connectivity index (χ0n) is 19.2. The summed E-state index contributed by atoms with van der Waals surface area (Å²) in [5.74, 6) is 2.77. The van der Waals surface area contributed by atoms with E-state index in [4.69, 9.17) is 9.97 Å². The molecule has 1 atom stereocenters. The molecule has 30 heavy (non-hydrogen) atoms. The molecular formula is C26H34N4. The molecule has 4 rings (SSSR count). The zero-order valence-corrected chi connectivity index (χ0v) is 19.2. The van der Waals surface area contributed by atoms with Crippen LogP contribution in [0.25, 0.3) is 22.1 Å². The van der Waals surface area contributed by atoms with Gasteiger partial charge in [-0.3, -0.25) is 0 Å². The van der Waals surface area contributed by atoms with Gasteiger partial charge in [0.05, 0.1) is 22.1 Å². The van der Waals surface area contributed by atoms with E-state index in [0.717, 1.165) is 23.3 Å². The third-order valence-electron chi connectivity index (χ3n) is 6.31. The first kappa shape index (κ1) is 20.6. The molecular weight excluding hydrogens is 368 g/mol. The Morgan fingerprint density at radius 1 is 0.867 bits per heavy atom. The Labute approximate surface area is 180 Å². The number of benzene rings is 2. The van der Waals surface area contributed by atoms with Gasteiger partial charge in [0.2, 0.25) is 0 Å². The largest absolute Gasteiger partial charge is 0.331 e. The summed E-state index contributed by atoms with van der Waals surface area (Å²) in [6.45, 7) is 11.0. The number of hydrogen-bond acceptors (Lipinski definition) is 2. The molecule has 4 heteroatoms. The smallest absolute Gasteiger partial charge is 0.112 e. The maximum atomic E-state index is 4.92. The summed E-state index contributed by atoms with van der Waals surface area (Å²) in [5, 5.41) is 0. The van der Waals surface area contributed by atoms with Crippen LogP contribution in [-0.2, 0) is 13.5 Å². The minimum Gasteiger partial charge on any atom is -0.331 e. The topological polar surface area (TPSA) is 35.6 Å². The van der Waals surface area contributed by atoms with Crippen LogP contribution in [0.15, 0.2) is 36.4 Å². The molecule has 0 bridgehead atoms. The van der Waals surface area contributed by atoms with Crippen LogP contribution in [-0.4, -0.2) is 19.1 Å². The molecule has 2 heterocycles. The van der Waals surface area contributed by atoms with Gasteiger partial charge in [-0.05, 0) is 82.3 Å². The van der Waals surface area contributed by atoms with Crippen molar-refractivity contribution < 1.29 is 0 Å². The van der Waals surface area contributed by atoms with E-state index in [9.17, 15) is 0 Å². The van der Waals surface area contributed by atoms with Crippen LogP contribution >= 0.6 is 0 Å². The first-order valence-corrected chi connectivity index (χ1v) is 11.3. The van der Waals surface area contributed by atoms with Crippen molar-refractivity contribution in [1.82, 2.24) is 19.1 Å². The summed E-state index contributed by atoms with van der Waals surface area (Å²) in [5.41, 5.74) is 7.38. The molecule has 158 valence electrons. The maximum absolute atomic E-state index is 4.92. The zero-order chi connectivity index (χ0) is 21.4. The molecule has 0 fully saturated rings. The van der Waals surface area contributed by atoms with Crippen molar-refractivity contribution in [2.45, 2.75) is 72.3 Å². The van der Waals surface area contributed by atoms with Gasteiger partial charge < -0.3 is 9.13 Å². The van der Waals surface area contributed by atoms with Crippen molar-refractivity contribution in [2.75, 3.05) is 0 Å². The first-order chi connectivity index (χ1) is 14.3. The summed E-state index contributed by atoms with van der Waals surface area (Å²) in [7, 11) is 2.14. The molecule has 0 aliphatic rings. The van der Waals surface area contributed by atoms with Crippen molar-refractivity contribution in [3.8, 4) is 0 Å². The normalized spacial score (nSPS) is 13.0. The second kappa shape index (κ2) is 8.25. The van der Waals surface area contributed by atoms with E-state index in [1.807, 2.05) is 0 Å². The second-order valence-corrected chi connectivity index (χ2v) is 9.11. The molecule has 0 amide bonds. The Morgan fingerprint density at radius 3 is 2.37 bits per heavy atom. The molecule has 4 aromatic rings. The van der Waals surface area contributed by atoms with E-state index in [0.29, 0.717) is 12.0 Å². The van der Waals surface area contributed by atoms with Gasteiger partial charge in [0.15, 0.2) is 0 Å². The fourth-order valence-electron chi connectivity index (χ4n) is 4.75. The fourth-order valence-corrected chi connectivity index (χ4v) is 4.75. The summed E-state index contributed by atoms with van der Waals surface area (Å²) in [4.78, 5) is 9.70. The van der Waals surface area contributed by atoms with Crippen LogP contribution in [0.4, 0.5) is 0 Å². The van der Waals surface area contributed by atoms with Crippen molar-refractivity contribution in [2.24, 2.45) is 7.05 Å². The first-order valence-electron chi connectivity index (χ1n) is 11.3. The molecule has 0 saturated carbocycles. The predicted molar refractivity (Wildman–Crippen MR) is 126 cm³/mol. The molecule has 0 aliphatic heterocycles. The van der Waals surface area contributed by atoms with Gasteiger partial charge in [-0.1, -0.05) is 25.5 Å². The molecule has 0 spiro atoms. The van der Waals surface area contributed by atoms with Crippen LogP contribution in [0, 0.1) is 13.8 Å². The van der Waals surface area contributed by atoms with Crippen LogP contribution in [0.1, 0.15) is 74.8 Å². The second-order valence-electron chi connectivity index (χ2n) is 9.11. The van der Waals surface area contributed by atoms with Crippen LogP contribution in [0.5, 0.6) is 0 Å². The number of hydrogen-bond donors (Lipinski definition) is 0. The summed E-state index contributed by atoms with van der Waals surface area (Å²) >= 11 is 0. The number of rotatable bonds is 7. The van der Waals surface area contributed by atoms with Gasteiger partial charge in [0.25, 0.3) is 0 Å². The molecule has 0 saturated heterocycles. The molecule has 2 aromatic carbocycles. The summed E-state index contributed by atoms with van der Waals surface area (Å²) < 4.78 is 4.58. The third kappa shape index (κ3) is 3.88. The Kier molecular flexibility index (Phi) is 5.68. The van der Waals surface area contributed by atoms with E-state index in [1.54, 1.807) is 0 Å². The third-order valence-corrected chi connectivity index (χ3v) is 6.31. The van der Waals surface area contributed by atoms with Crippen LogP contribution < -0.4 is 0 Å². The standard InChI is InChI=1S/C26H34N4/c1-17(2)30-20(5)27-23-16-21(12-14-25(23)30)10-8-7-9-19(4)26-28-22-15-18(3)11-13-24(22)29(26)6/h11-17,19H,7-10H2,1-6H3. The van der Waals surface area contributed by atoms with E-state index in [2.05, 4.69) is 87.2 Å². The van der Waals surface area contributed by atoms with E-state index in [1.165, 1.54) is 47.2 Å². The minimum atomic E-state index is 0.439. The lowest BCUT2D eigenvalue weighted by Gasteiger charge is -2.12. The molecule has 0 radical (unpaired) electrons. The lowest BCUT2D eigenvalue weighted by molar-refractivity contribution is 0.568. The minimum absolute atomic E-state index is 0.439. The van der Waals surface area contributed by atoms with Gasteiger partial charge in [0.1, 0.15) is 11.6 Å². The highest BCUT2D eigenvalue weighted by Crippen LogP contribution is 2.26. The SMILES string of the molecule is Cc1ccc2c(c1)nc(C(C)CCCCc1ccc3c(c1)nc(C)n3C(C)C)n2C. The number of fused-ring (bicyclic) bond motifs is 2. The number of nitrogens with zero attached hydrogens (tertiary/aromatic N) is 4. The lowest BCUT2D eigenvalue weighted by Crippen LogP contribution is -2.03. The maximum Gasteiger partial charge on any atom is 0.112 e. The van der Waals surface area contributed by atoms with E-state index >= 15 is 0 Å². The predicted octanol–water partition coefficient (Wildman–Crippen LogP) is 6.64. The van der Waals surface area contributed by atoms with Gasteiger partial charge in [-0.2, -0.15) is 0 Å². The highest BCUT2D eigenvalue weighted by Gasteiger charge is 2.15. The Bertz CT molecular complexity index is 1180. The number of aryl methyl sites for hydroxylation is 4. The van der Waals surface area contributed by atoms with E-state index in [-0.39, 0.29) is 0 Å². The van der Waals surface area contributed by atoms with Crippen LogP contribution in [0.3, 0.4) is 0 Å². The molecule has 1 unspecified atom stereocenters. The summed E-state index contributed by atoms with van der Waals surface area (Å²) in [6.07, 6.45) is 4.68. The number of unbranched alkanes of at least 4 members (excludes halogenated alkanes) is 1. The lowest BCUT2D eigenvalue weighted by atomic mass is 10.00. The Morgan fingerprint density at radius 2 is 1.60 bits per heavy atom. The summed E-state index contributed by atoms with van der Waals surface area (Å²) in [6, 6.07) is 13.8. The highest BCUT2D eigenvalue weighted by atomic mass is 15.1. The molecule has 0 aliphatic carbocycles. The fraction of sp³-hybridized carbons (Fsp3) is 0.462. The molecule has 4 nitrogen and oxygen atoms in total. The van der Waals surface area contributed by atoms with Crippen molar-refractivity contribution in [3.05, 3.63) is 59.2 Å². The van der Waals surface area contributed by atoms with Gasteiger partial charge >= 0.3 is 0 Å². The quantitative estimate of drug-likeness (QED) is 0.325. The van der Waals surface area contributed by atoms with Gasteiger partial charge in [0, 0.05) is 19.0 Å². The molecule has 0 N–H and O–H groups in total. The van der Waals surface area contributed by atoms with Crippen molar-refractivity contribution in [3.63, 3.8) is 0 Å². The van der Waals surface area contributed by atoms with Gasteiger partial charge in [-0.25, -0.2) is 9.97 Å². The molecule has 2 aromatic heterocycles. The van der Waals surface area contributed by atoms with Crippen molar-refractivity contribution >= 4 is 22.1 Å². The van der Waals surface area contributed by atoms with E-state index < -0.39 is 0 Å². The van der Waals surface area contributed by atoms with Gasteiger partial charge in [-0.15, -0.1) is 0 Å². The monoisotopic (exact) mass is 402 g/mol. The number of aromatic nitrogens is 4. The average molecular weight is 403 g/mol. The van der Waals surface area contributed by atoms with Crippen LogP contribution in [0.2, 0.25) is 0 Å². The number of imidazole rings is 2.